The van der Waals surface area contributed by atoms with Crippen LogP contribution in [0.15, 0.2) is 0 Å². The molecule has 7 nitrogen and oxygen atoms in total. The van der Waals surface area contributed by atoms with E-state index in [0.717, 1.165) is 11.5 Å². The number of carbonyl (C=O) groups is 3. The van der Waals surface area contributed by atoms with Gasteiger partial charge in [0.15, 0.2) is 5.60 Å². The van der Waals surface area contributed by atoms with Gasteiger partial charge in [0.25, 0.3) is 0 Å². The molecule has 0 spiro atoms. The molecule has 0 aromatic carbocycles. The molecule has 0 bridgehead atoms. The fraction of sp³-hybridized carbons (Fsp3) is 0.750. The summed E-state index contributed by atoms with van der Waals surface area (Å²) in [6.45, 7) is 0. The van der Waals surface area contributed by atoms with E-state index in [1.807, 2.05) is 0 Å². The Balaban J connectivity index is 0. The molecule has 0 atom stereocenters. The van der Waals surface area contributed by atoms with Gasteiger partial charge in [-0.15, -0.1) is 0 Å². The molecule has 0 aromatic heterocycles. The summed E-state index contributed by atoms with van der Waals surface area (Å²) in [6, 6.07) is 0. The van der Waals surface area contributed by atoms with E-state index in [1.165, 1.54) is 25.7 Å². The summed E-state index contributed by atoms with van der Waals surface area (Å²) in [5.74, 6) is -2.95. The van der Waals surface area contributed by atoms with E-state index in [-0.39, 0.29) is 0 Å². The lowest BCUT2D eigenvalue weighted by molar-refractivity contribution is -0.170. The first-order valence-corrected chi connectivity index (χ1v) is 7.57. The topological polar surface area (TPSA) is 132 Å². The number of aliphatic hydroxyl groups is 1. The number of hydrogen-bond donors (Lipinski definition) is 6. The zero-order valence-corrected chi connectivity index (χ0v) is 13.4. The quantitative estimate of drug-likeness (QED) is 0.259. The average molecular weight is 342 g/mol. The van der Waals surface area contributed by atoms with Crippen LogP contribution in [-0.2, 0) is 14.4 Å². The van der Waals surface area contributed by atoms with Crippen LogP contribution in [0, 0.1) is 0 Å². The zero-order chi connectivity index (χ0) is 16.9. The third-order valence-electron chi connectivity index (χ3n) is 2.35. The van der Waals surface area contributed by atoms with E-state index < -0.39 is 36.4 Å². The Morgan fingerprint density at radius 1 is 0.762 bits per heavy atom. The van der Waals surface area contributed by atoms with Crippen LogP contribution in [0.25, 0.3) is 0 Å². The second-order valence-electron chi connectivity index (χ2n) is 4.34. The Kier molecular flexibility index (Phi) is 13.6. The Bertz CT molecular complexity index is 312. The van der Waals surface area contributed by atoms with Gasteiger partial charge in [-0.05, 0) is 24.3 Å². The molecule has 0 unspecified atom stereocenters. The van der Waals surface area contributed by atoms with Crippen molar-refractivity contribution in [3.8, 4) is 0 Å². The third kappa shape index (κ3) is 13.8. The van der Waals surface area contributed by atoms with Gasteiger partial charge >= 0.3 is 17.9 Å². The largest absolute Gasteiger partial charge is 0.481 e. The molecule has 124 valence electrons. The van der Waals surface area contributed by atoms with Crippen LogP contribution < -0.4 is 0 Å². The van der Waals surface area contributed by atoms with Crippen LogP contribution >= 0.6 is 25.3 Å². The Morgan fingerprint density at radius 3 is 1.29 bits per heavy atom. The van der Waals surface area contributed by atoms with Crippen molar-refractivity contribution >= 4 is 43.2 Å². The molecule has 4 N–H and O–H groups in total. The Morgan fingerprint density at radius 2 is 1.10 bits per heavy atom. The maximum Gasteiger partial charge on any atom is 0.336 e. The Hall–Kier alpha value is -0.930. The summed E-state index contributed by atoms with van der Waals surface area (Å²) < 4.78 is 0. The van der Waals surface area contributed by atoms with Crippen molar-refractivity contribution in [2.75, 3.05) is 11.5 Å². The second-order valence-corrected chi connectivity index (χ2v) is 5.23. The van der Waals surface area contributed by atoms with Gasteiger partial charge in [-0.1, -0.05) is 12.8 Å². The highest BCUT2D eigenvalue weighted by atomic mass is 32.1. The van der Waals surface area contributed by atoms with E-state index in [9.17, 15) is 14.4 Å². The summed E-state index contributed by atoms with van der Waals surface area (Å²) in [6.07, 6.45) is 2.88. The van der Waals surface area contributed by atoms with E-state index in [2.05, 4.69) is 25.3 Å². The van der Waals surface area contributed by atoms with Gasteiger partial charge in [-0.25, -0.2) is 4.79 Å². The van der Waals surface area contributed by atoms with Gasteiger partial charge in [0.1, 0.15) is 0 Å². The van der Waals surface area contributed by atoms with Crippen molar-refractivity contribution in [3.05, 3.63) is 0 Å². The van der Waals surface area contributed by atoms with Crippen LogP contribution in [0.3, 0.4) is 0 Å². The van der Waals surface area contributed by atoms with Gasteiger partial charge in [0, 0.05) is 0 Å². The maximum atomic E-state index is 10.3. The van der Waals surface area contributed by atoms with E-state index in [1.54, 1.807) is 0 Å². The zero-order valence-electron chi connectivity index (χ0n) is 11.6. The van der Waals surface area contributed by atoms with Crippen molar-refractivity contribution in [3.63, 3.8) is 0 Å². The van der Waals surface area contributed by atoms with E-state index in [4.69, 9.17) is 20.4 Å². The number of carboxylic acids is 3. The number of rotatable bonds is 10. The lowest BCUT2D eigenvalue weighted by atomic mass is 9.96. The molecule has 0 fully saturated rings. The molecular formula is C12H22O7S2. The van der Waals surface area contributed by atoms with Crippen molar-refractivity contribution in [2.24, 2.45) is 0 Å². The molecule has 0 radical (unpaired) electrons. The highest BCUT2D eigenvalue weighted by molar-refractivity contribution is 7.80. The van der Waals surface area contributed by atoms with Gasteiger partial charge in [-0.3, -0.25) is 9.59 Å². The molecule has 0 saturated carbocycles. The molecule has 0 aliphatic carbocycles. The smallest absolute Gasteiger partial charge is 0.336 e. The molecule has 0 amide bonds. The number of carboxylic acid groups (broad SMARTS) is 3. The minimum absolute atomic E-state index is 1.03. The number of unbranched alkanes of at least 4 members (excludes halogenated alkanes) is 3. The molecule has 0 saturated heterocycles. The highest BCUT2D eigenvalue weighted by Crippen LogP contribution is 2.15. The highest BCUT2D eigenvalue weighted by Gasteiger charge is 2.40. The minimum atomic E-state index is -2.74. The van der Waals surface area contributed by atoms with E-state index in [0.29, 0.717) is 0 Å². The molecular weight excluding hydrogens is 320 g/mol. The Labute approximate surface area is 134 Å². The average Bonchev–Trinajstić information content (AvgIpc) is 2.33. The lowest BCUT2D eigenvalue weighted by Crippen LogP contribution is -2.42. The molecule has 0 aliphatic rings. The first-order valence-electron chi connectivity index (χ1n) is 6.30. The van der Waals surface area contributed by atoms with Crippen molar-refractivity contribution in [1.29, 1.82) is 0 Å². The van der Waals surface area contributed by atoms with Gasteiger partial charge in [0.2, 0.25) is 0 Å². The monoisotopic (exact) mass is 342 g/mol. The van der Waals surface area contributed by atoms with Crippen molar-refractivity contribution < 1.29 is 34.8 Å². The van der Waals surface area contributed by atoms with E-state index >= 15 is 0 Å². The van der Waals surface area contributed by atoms with Gasteiger partial charge < -0.3 is 20.4 Å². The van der Waals surface area contributed by atoms with Gasteiger partial charge in [-0.2, -0.15) is 25.3 Å². The lowest BCUT2D eigenvalue weighted by Gasteiger charge is -2.18. The van der Waals surface area contributed by atoms with Crippen LogP contribution in [0.1, 0.15) is 38.5 Å². The summed E-state index contributed by atoms with van der Waals surface area (Å²) in [5.41, 5.74) is -2.74. The second kappa shape index (κ2) is 12.8. The number of hydrogen-bond acceptors (Lipinski definition) is 6. The third-order valence-corrected chi connectivity index (χ3v) is 2.98. The molecule has 0 heterocycles. The SMILES string of the molecule is O=C(O)CC(O)(CC(=O)O)C(=O)O.SCCCCCCS. The van der Waals surface area contributed by atoms with Crippen LogP contribution in [0.2, 0.25) is 0 Å². The maximum absolute atomic E-state index is 10.3. The fourth-order valence-corrected chi connectivity index (χ4v) is 1.74. The predicted octanol–water partition coefficient (Wildman–Crippen LogP) is 1.16. The van der Waals surface area contributed by atoms with Crippen LogP contribution in [0.5, 0.6) is 0 Å². The van der Waals surface area contributed by atoms with Crippen LogP contribution in [0.4, 0.5) is 0 Å². The molecule has 0 aromatic rings. The molecule has 0 aliphatic heterocycles. The first kappa shape index (κ1) is 22.4. The van der Waals surface area contributed by atoms with Crippen molar-refractivity contribution in [2.45, 2.75) is 44.1 Å². The number of aliphatic carboxylic acids is 3. The molecule has 21 heavy (non-hydrogen) atoms. The summed E-state index contributed by atoms with van der Waals surface area (Å²) in [5, 5.41) is 33.8. The fourth-order valence-electron chi connectivity index (χ4n) is 1.29. The molecule has 9 heteroatoms. The first-order chi connectivity index (χ1) is 9.69. The molecule has 0 rings (SSSR count). The number of thiol groups is 2. The van der Waals surface area contributed by atoms with Gasteiger partial charge in [0.05, 0.1) is 12.8 Å². The summed E-state index contributed by atoms with van der Waals surface area (Å²) in [4.78, 5) is 30.5. The summed E-state index contributed by atoms with van der Waals surface area (Å²) >= 11 is 8.21. The predicted molar refractivity (Wildman–Crippen MR) is 83.3 cm³/mol. The summed E-state index contributed by atoms with van der Waals surface area (Å²) in [7, 11) is 0. The minimum Gasteiger partial charge on any atom is -0.481 e. The normalized spacial score (nSPS) is 10.4. The van der Waals surface area contributed by atoms with Crippen molar-refractivity contribution in [1.82, 2.24) is 0 Å². The standard InChI is InChI=1S/C6H8O7.C6H14S2/c7-3(8)1-6(13,5(11)12)2-4(9)10;7-5-3-1-2-4-6-8/h13H,1-2H2,(H,7,8)(H,9,10)(H,11,12);7-8H,1-6H2. The van der Waals surface area contributed by atoms with Crippen LogP contribution in [-0.4, -0.2) is 55.4 Å².